The van der Waals surface area contributed by atoms with Gasteiger partial charge in [-0.15, -0.1) is 0 Å². The van der Waals surface area contributed by atoms with Crippen LogP contribution in [0.5, 0.6) is 0 Å². The maximum Gasteiger partial charge on any atom is 0.278 e. The van der Waals surface area contributed by atoms with Gasteiger partial charge in [0.15, 0.2) is 0 Å². The summed E-state index contributed by atoms with van der Waals surface area (Å²) in [6.07, 6.45) is 0.685. The molecule has 3 amide bonds. The number of imide groups is 1. The predicted molar refractivity (Wildman–Crippen MR) is 109 cm³/mol. The Labute approximate surface area is 164 Å². The molecule has 1 aliphatic heterocycles. The van der Waals surface area contributed by atoms with Gasteiger partial charge in [-0.05, 0) is 43.2 Å². The highest BCUT2D eigenvalue weighted by atomic mass is 16.2. The normalized spacial score (nSPS) is 13.9. The van der Waals surface area contributed by atoms with Crippen molar-refractivity contribution in [2.75, 3.05) is 17.2 Å². The summed E-state index contributed by atoms with van der Waals surface area (Å²) in [4.78, 5) is 38.3. The van der Waals surface area contributed by atoms with Gasteiger partial charge in [0.05, 0.1) is 5.57 Å². The van der Waals surface area contributed by atoms with Crippen LogP contribution in [0.25, 0.3) is 5.57 Å². The van der Waals surface area contributed by atoms with Gasteiger partial charge in [0.2, 0.25) is 5.91 Å². The molecule has 0 spiro atoms. The number of amides is 3. The Balaban J connectivity index is 2.00. The number of nitrogens with one attached hydrogen (secondary N) is 2. The Bertz CT molecular complexity index is 944. The van der Waals surface area contributed by atoms with Crippen molar-refractivity contribution in [3.63, 3.8) is 0 Å². The first-order chi connectivity index (χ1) is 13.4. The fourth-order valence-electron chi connectivity index (χ4n) is 3.09. The van der Waals surface area contributed by atoms with Crippen LogP contribution in [-0.4, -0.2) is 29.2 Å². The van der Waals surface area contributed by atoms with E-state index in [1.165, 1.54) is 11.8 Å². The lowest BCUT2D eigenvalue weighted by atomic mass is 10.0. The maximum atomic E-state index is 13.0. The highest BCUT2D eigenvalue weighted by Crippen LogP contribution is 2.31. The fourth-order valence-corrected chi connectivity index (χ4v) is 3.09. The largest absolute Gasteiger partial charge is 0.350 e. The van der Waals surface area contributed by atoms with E-state index in [4.69, 9.17) is 0 Å². The molecule has 28 heavy (non-hydrogen) atoms. The van der Waals surface area contributed by atoms with Gasteiger partial charge in [-0.3, -0.25) is 19.3 Å². The van der Waals surface area contributed by atoms with Crippen LogP contribution in [0.2, 0.25) is 0 Å². The molecule has 6 heteroatoms. The molecular weight excluding hydrogens is 354 g/mol. The van der Waals surface area contributed by atoms with Crippen LogP contribution < -0.4 is 10.6 Å². The number of nitrogens with zero attached hydrogens (tertiary/aromatic N) is 1. The van der Waals surface area contributed by atoms with Crippen LogP contribution in [0.3, 0.4) is 0 Å². The van der Waals surface area contributed by atoms with Crippen molar-refractivity contribution in [2.45, 2.75) is 27.2 Å². The molecule has 0 fully saturated rings. The molecule has 1 heterocycles. The molecule has 6 nitrogen and oxygen atoms in total. The number of carbonyl (C=O) groups is 3. The van der Waals surface area contributed by atoms with Crippen molar-refractivity contribution < 1.29 is 14.4 Å². The van der Waals surface area contributed by atoms with Crippen molar-refractivity contribution in [3.8, 4) is 0 Å². The van der Waals surface area contributed by atoms with Gasteiger partial charge >= 0.3 is 0 Å². The molecule has 0 bridgehead atoms. The van der Waals surface area contributed by atoms with E-state index in [1.54, 1.807) is 24.3 Å². The average Bonchev–Trinajstić information content (AvgIpc) is 2.89. The minimum Gasteiger partial charge on any atom is -0.350 e. The zero-order valence-electron chi connectivity index (χ0n) is 16.2. The van der Waals surface area contributed by atoms with Crippen LogP contribution in [-0.2, 0) is 14.4 Å². The Kier molecular flexibility index (Phi) is 5.59. The van der Waals surface area contributed by atoms with Crippen LogP contribution in [0.1, 0.15) is 31.4 Å². The fraction of sp³-hybridized carbons (Fsp3) is 0.227. The molecule has 0 saturated heterocycles. The van der Waals surface area contributed by atoms with E-state index in [-0.39, 0.29) is 23.4 Å². The van der Waals surface area contributed by atoms with Crippen LogP contribution in [0.4, 0.5) is 11.4 Å². The molecule has 0 aliphatic carbocycles. The van der Waals surface area contributed by atoms with Crippen molar-refractivity contribution >= 4 is 34.7 Å². The second-order valence-corrected chi connectivity index (χ2v) is 6.76. The van der Waals surface area contributed by atoms with Crippen LogP contribution in [0.15, 0.2) is 54.2 Å². The highest BCUT2D eigenvalue weighted by molar-refractivity contribution is 6.36. The van der Waals surface area contributed by atoms with E-state index < -0.39 is 0 Å². The smallest absolute Gasteiger partial charge is 0.278 e. The third-order valence-corrected chi connectivity index (χ3v) is 4.43. The molecule has 0 unspecified atom stereocenters. The Morgan fingerprint density at radius 2 is 1.54 bits per heavy atom. The van der Waals surface area contributed by atoms with E-state index in [9.17, 15) is 14.4 Å². The lowest BCUT2D eigenvalue weighted by Gasteiger charge is -2.13. The van der Waals surface area contributed by atoms with Gasteiger partial charge in [-0.25, -0.2) is 0 Å². The Morgan fingerprint density at radius 3 is 2.11 bits per heavy atom. The summed E-state index contributed by atoms with van der Waals surface area (Å²) in [7, 11) is 0. The molecule has 0 radical (unpaired) electrons. The SMILES string of the molecule is CCCN1C(=O)C(Nc2ccc(C)cc2)=C(c2ccc(NC(C)=O)cc2)C1=O. The van der Waals surface area contributed by atoms with Gasteiger partial charge in [-0.2, -0.15) is 0 Å². The lowest BCUT2D eigenvalue weighted by Crippen LogP contribution is -2.33. The van der Waals surface area contributed by atoms with E-state index in [0.717, 1.165) is 11.3 Å². The maximum absolute atomic E-state index is 13.0. The molecule has 2 N–H and O–H groups in total. The van der Waals surface area contributed by atoms with Gasteiger partial charge in [-0.1, -0.05) is 36.8 Å². The number of aryl methyl sites for hydroxylation is 1. The van der Waals surface area contributed by atoms with Crippen molar-refractivity contribution in [1.29, 1.82) is 0 Å². The zero-order valence-corrected chi connectivity index (χ0v) is 16.2. The predicted octanol–water partition coefficient (Wildman–Crippen LogP) is 3.56. The summed E-state index contributed by atoms with van der Waals surface area (Å²) in [5.41, 5.74) is 3.72. The minimum atomic E-state index is -0.326. The molecule has 2 aromatic rings. The van der Waals surface area contributed by atoms with Gasteiger partial charge < -0.3 is 10.6 Å². The van der Waals surface area contributed by atoms with Gasteiger partial charge in [0.25, 0.3) is 11.8 Å². The van der Waals surface area contributed by atoms with Gasteiger partial charge in [0, 0.05) is 24.8 Å². The number of benzene rings is 2. The number of rotatable bonds is 6. The third-order valence-electron chi connectivity index (χ3n) is 4.43. The van der Waals surface area contributed by atoms with Gasteiger partial charge in [0.1, 0.15) is 5.70 Å². The Morgan fingerprint density at radius 1 is 0.929 bits per heavy atom. The molecule has 2 aromatic carbocycles. The molecule has 1 aliphatic rings. The number of hydrogen-bond acceptors (Lipinski definition) is 4. The lowest BCUT2D eigenvalue weighted by molar-refractivity contribution is -0.136. The summed E-state index contributed by atoms with van der Waals surface area (Å²) in [5.74, 6) is -0.808. The topological polar surface area (TPSA) is 78.5 Å². The van der Waals surface area contributed by atoms with E-state index in [1.807, 2.05) is 38.1 Å². The first kappa shape index (κ1) is 19.4. The average molecular weight is 377 g/mol. The molecule has 0 aromatic heterocycles. The summed E-state index contributed by atoms with van der Waals surface area (Å²) in [6.45, 7) is 5.71. The van der Waals surface area contributed by atoms with E-state index in [0.29, 0.717) is 29.8 Å². The Hall–Kier alpha value is -3.41. The molecule has 0 saturated carbocycles. The molecule has 0 atom stereocenters. The summed E-state index contributed by atoms with van der Waals surface area (Å²) in [5, 5.41) is 5.82. The third kappa shape index (κ3) is 3.96. The summed E-state index contributed by atoms with van der Waals surface area (Å²) in [6, 6.07) is 14.5. The summed E-state index contributed by atoms with van der Waals surface area (Å²) < 4.78 is 0. The second-order valence-electron chi connectivity index (χ2n) is 6.76. The van der Waals surface area contributed by atoms with Crippen LogP contribution >= 0.6 is 0 Å². The van der Waals surface area contributed by atoms with Crippen LogP contribution in [0, 0.1) is 6.92 Å². The standard InChI is InChI=1S/C22H23N3O3/c1-4-13-25-21(27)19(16-7-11-17(12-8-16)23-15(3)26)20(22(25)28)24-18-9-5-14(2)6-10-18/h5-12,24H,4,13H2,1-3H3,(H,23,26). The van der Waals surface area contributed by atoms with Crippen molar-refractivity contribution in [2.24, 2.45) is 0 Å². The van der Waals surface area contributed by atoms with E-state index >= 15 is 0 Å². The first-order valence-electron chi connectivity index (χ1n) is 9.23. The molecule has 144 valence electrons. The number of hydrogen-bond donors (Lipinski definition) is 2. The second kappa shape index (κ2) is 8.08. The van der Waals surface area contributed by atoms with E-state index in [2.05, 4.69) is 10.6 Å². The zero-order chi connectivity index (χ0) is 20.3. The minimum absolute atomic E-state index is 0.171. The van der Waals surface area contributed by atoms with Crippen molar-refractivity contribution in [3.05, 3.63) is 65.4 Å². The highest BCUT2D eigenvalue weighted by Gasteiger charge is 2.38. The molecular formula is C22H23N3O3. The number of anilines is 2. The quantitative estimate of drug-likeness (QED) is 0.755. The molecule has 3 rings (SSSR count). The van der Waals surface area contributed by atoms with Crippen molar-refractivity contribution in [1.82, 2.24) is 4.90 Å². The first-order valence-corrected chi connectivity index (χ1v) is 9.23. The monoisotopic (exact) mass is 377 g/mol. The summed E-state index contributed by atoms with van der Waals surface area (Å²) >= 11 is 0. The number of carbonyl (C=O) groups excluding carboxylic acids is 3.